The van der Waals surface area contributed by atoms with Gasteiger partial charge in [-0.25, -0.2) is 0 Å². The third-order valence-electron chi connectivity index (χ3n) is 6.86. The summed E-state index contributed by atoms with van der Waals surface area (Å²) in [5.74, 6) is 1.98. The number of nitriles is 1. The summed E-state index contributed by atoms with van der Waals surface area (Å²) in [6, 6.07) is 14.0. The maximum absolute atomic E-state index is 12.8. The van der Waals surface area contributed by atoms with Gasteiger partial charge < -0.3 is 35.1 Å². The van der Waals surface area contributed by atoms with Gasteiger partial charge in [0.25, 0.3) is 5.91 Å². The van der Waals surface area contributed by atoms with E-state index < -0.39 is 17.7 Å². The number of amides is 1. The molecule has 9 nitrogen and oxygen atoms in total. The number of hydrogen-bond acceptors (Lipinski definition) is 8. The monoisotopic (exact) mass is 555 g/mol. The Morgan fingerprint density at radius 3 is 2.40 bits per heavy atom. The number of hydrogen-bond donors (Lipinski definition) is 3. The summed E-state index contributed by atoms with van der Waals surface area (Å²) in [6.07, 6.45) is 1.19. The molecule has 0 aliphatic heterocycles. The summed E-state index contributed by atoms with van der Waals surface area (Å²) in [6.45, 7) is 8.73. The molecule has 220 valence electrons. The molecule has 0 bridgehead atoms. The lowest BCUT2D eigenvalue weighted by molar-refractivity contribution is -0.134. The van der Waals surface area contributed by atoms with Gasteiger partial charge in [-0.05, 0) is 80.5 Å². The average molecular weight is 556 g/mol. The van der Waals surface area contributed by atoms with Gasteiger partial charge in [-0.15, -0.1) is 0 Å². The molecule has 4 N–H and O–H groups in total. The molecule has 40 heavy (non-hydrogen) atoms. The maximum Gasteiger partial charge on any atom is 0.263 e. The van der Waals surface area contributed by atoms with E-state index in [2.05, 4.69) is 19.2 Å². The van der Waals surface area contributed by atoms with Crippen LogP contribution in [0.25, 0.3) is 0 Å². The van der Waals surface area contributed by atoms with Crippen LogP contribution in [0.1, 0.15) is 51.7 Å². The second-order valence-corrected chi connectivity index (χ2v) is 10.8. The highest BCUT2D eigenvalue weighted by molar-refractivity contribution is 5.84. The Hall–Kier alpha value is -3.32. The first-order valence-electron chi connectivity index (χ1n) is 13.7. The molecular formula is C31H45N3O6. The van der Waals surface area contributed by atoms with Gasteiger partial charge in [0.15, 0.2) is 17.1 Å². The highest BCUT2D eigenvalue weighted by atomic mass is 16.5. The Kier molecular flexibility index (Phi) is 13.2. The third kappa shape index (κ3) is 10.3. The zero-order chi connectivity index (χ0) is 29.7. The molecule has 9 heteroatoms. The molecule has 0 unspecified atom stereocenters. The van der Waals surface area contributed by atoms with Crippen molar-refractivity contribution in [1.82, 2.24) is 5.32 Å². The van der Waals surface area contributed by atoms with Gasteiger partial charge >= 0.3 is 0 Å². The molecule has 2 aromatic rings. The molecule has 2 aromatic carbocycles. The molecule has 1 amide bonds. The van der Waals surface area contributed by atoms with Crippen LogP contribution in [-0.2, 0) is 16.0 Å². The van der Waals surface area contributed by atoms with Crippen molar-refractivity contribution in [2.45, 2.75) is 64.7 Å². The van der Waals surface area contributed by atoms with Gasteiger partial charge in [-0.1, -0.05) is 19.9 Å². The standard InChI is InChI=1S/C31H45N3O6/c1-21(2)24(16-23-10-13-28(38-6)29(17-23)39-15-7-14-37-5)18-26(33)27(35)20-34-30(36)31(3,4)40-25-11-8-22(19-32)9-12-25/h8-13,17,21,24,26-27,35H,7,14-16,18,20,33H2,1-6H3,(H,34,36)/t24-,26-,27-/m0/s1. The predicted molar refractivity (Wildman–Crippen MR) is 154 cm³/mol. The Bertz CT molecular complexity index is 1100. The van der Waals surface area contributed by atoms with E-state index in [0.717, 1.165) is 18.4 Å². The summed E-state index contributed by atoms with van der Waals surface area (Å²) in [7, 11) is 3.28. The number of rotatable bonds is 17. The number of nitrogens with one attached hydrogen (secondary N) is 1. The Labute approximate surface area is 238 Å². The minimum absolute atomic E-state index is 0.00692. The van der Waals surface area contributed by atoms with Crippen LogP contribution in [0.3, 0.4) is 0 Å². The molecule has 0 saturated heterocycles. The fraction of sp³-hybridized carbons (Fsp3) is 0.548. The lowest BCUT2D eigenvalue weighted by Gasteiger charge is -2.29. The van der Waals surface area contributed by atoms with Crippen LogP contribution in [0.5, 0.6) is 17.2 Å². The summed E-state index contributed by atoms with van der Waals surface area (Å²) >= 11 is 0. The smallest absolute Gasteiger partial charge is 0.263 e. The maximum atomic E-state index is 12.8. The van der Waals surface area contributed by atoms with E-state index in [1.54, 1.807) is 52.3 Å². The number of nitrogens with two attached hydrogens (primary N) is 1. The van der Waals surface area contributed by atoms with E-state index in [1.807, 2.05) is 24.3 Å². The van der Waals surface area contributed by atoms with E-state index in [-0.39, 0.29) is 18.4 Å². The van der Waals surface area contributed by atoms with Crippen molar-refractivity contribution in [3.8, 4) is 23.3 Å². The predicted octanol–water partition coefficient (Wildman–Crippen LogP) is 3.85. The number of nitrogens with zero attached hydrogens (tertiary/aromatic N) is 1. The van der Waals surface area contributed by atoms with E-state index in [0.29, 0.717) is 48.4 Å². The number of aliphatic hydroxyl groups excluding tert-OH is 1. The topological polar surface area (TPSA) is 136 Å². The molecular weight excluding hydrogens is 510 g/mol. The van der Waals surface area contributed by atoms with Crippen molar-refractivity contribution < 1.29 is 28.8 Å². The summed E-state index contributed by atoms with van der Waals surface area (Å²) < 4.78 is 22.3. The zero-order valence-corrected chi connectivity index (χ0v) is 24.6. The minimum Gasteiger partial charge on any atom is -0.493 e. The normalized spacial score (nSPS) is 13.7. The van der Waals surface area contributed by atoms with Crippen molar-refractivity contribution in [2.24, 2.45) is 17.6 Å². The quantitative estimate of drug-likeness (QED) is 0.251. The van der Waals surface area contributed by atoms with Crippen molar-refractivity contribution in [2.75, 3.05) is 34.0 Å². The second-order valence-electron chi connectivity index (χ2n) is 10.8. The van der Waals surface area contributed by atoms with E-state index >= 15 is 0 Å². The second kappa shape index (κ2) is 16.1. The largest absolute Gasteiger partial charge is 0.493 e. The van der Waals surface area contributed by atoms with Gasteiger partial charge in [0.05, 0.1) is 31.5 Å². The number of carbonyl (C=O) groups is 1. The van der Waals surface area contributed by atoms with Crippen LogP contribution in [0.15, 0.2) is 42.5 Å². The SMILES string of the molecule is COCCCOc1cc(C[C@@H](C[C@H](N)[C@@H](O)CNC(=O)C(C)(C)Oc2ccc(C#N)cc2)C(C)C)ccc1OC. The van der Waals surface area contributed by atoms with Crippen molar-refractivity contribution in [3.05, 3.63) is 53.6 Å². The lowest BCUT2D eigenvalue weighted by atomic mass is 9.83. The number of benzene rings is 2. The van der Waals surface area contributed by atoms with Crippen LogP contribution in [0.2, 0.25) is 0 Å². The van der Waals surface area contributed by atoms with E-state index in [4.69, 9.17) is 29.9 Å². The summed E-state index contributed by atoms with van der Waals surface area (Å²) in [4.78, 5) is 12.8. The zero-order valence-electron chi connectivity index (χ0n) is 24.6. The first kappa shape index (κ1) is 32.9. The molecule has 0 heterocycles. The van der Waals surface area contributed by atoms with Gasteiger partial charge in [-0.2, -0.15) is 5.26 Å². The van der Waals surface area contributed by atoms with Crippen LogP contribution in [0.4, 0.5) is 0 Å². The Balaban J connectivity index is 1.94. The van der Waals surface area contributed by atoms with Crippen molar-refractivity contribution >= 4 is 5.91 Å². The van der Waals surface area contributed by atoms with Crippen molar-refractivity contribution in [3.63, 3.8) is 0 Å². The molecule has 0 aliphatic rings. The Morgan fingerprint density at radius 2 is 1.80 bits per heavy atom. The summed E-state index contributed by atoms with van der Waals surface area (Å²) in [5, 5.41) is 22.5. The van der Waals surface area contributed by atoms with Gasteiger partial charge in [0.1, 0.15) is 5.75 Å². The molecule has 0 aromatic heterocycles. The van der Waals surface area contributed by atoms with Crippen molar-refractivity contribution in [1.29, 1.82) is 5.26 Å². The molecule has 0 radical (unpaired) electrons. The molecule has 2 rings (SSSR count). The number of carbonyl (C=O) groups excluding carboxylic acids is 1. The lowest BCUT2D eigenvalue weighted by Crippen LogP contribution is -2.51. The fourth-order valence-corrected chi connectivity index (χ4v) is 4.25. The Morgan fingerprint density at radius 1 is 1.10 bits per heavy atom. The highest BCUT2D eigenvalue weighted by Crippen LogP contribution is 2.31. The minimum atomic E-state index is -1.18. The number of aliphatic hydroxyl groups is 1. The van der Waals surface area contributed by atoms with Gasteiger partial charge in [0, 0.05) is 32.7 Å². The molecule has 0 aliphatic carbocycles. The molecule has 0 spiro atoms. The van der Waals surface area contributed by atoms with E-state index in [9.17, 15) is 9.90 Å². The van der Waals surface area contributed by atoms with Crippen LogP contribution in [-0.4, -0.2) is 62.7 Å². The van der Waals surface area contributed by atoms with Crippen LogP contribution < -0.4 is 25.3 Å². The first-order chi connectivity index (χ1) is 19.0. The first-order valence-corrected chi connectivity index (χ1v) is 13.7. The average Bonchev–Trinajstić information content (AvgIpc) is 2.93. The van der Waals surface area contributed by atoms with Crippen LogP contribution in [0, 0.1) is 23.2 Å². The number of methoxy groups -OCH3 is 2. The van der Waals surface area contributed by atoms with Crippen LogP contribution >= 0.6 is 0 Å². The van der Waals surface area contributed by atoms with Gasteiger partial charge in [0.2, 0.25) is 0 Å². The summed E-state index contributed by atoms with van der Waals surface area (Å²) in [5.41, 5.74) is 6.83. The molecule has 0 saturated carbocycles. The van der Waals surface area contributed by atoms with E-state index in [1.165, 1.54) is 0 Å². The molecule has 3 atom stereocenters. The third-order valence-corrected chi connectivity index (χ3v) is 6.86. The molecule has 0 fully saturated rings. The number of ether oxygens (including phenoxy) is 4. The highest BCUT2D eigenvalue weighted by Gasteiger charge is 2.31. The van der Waals surface area contributed by atoms with Gasteiger partial charge in [-0.3, -0.25) is 4.79 Å². The fourth-order valence-electron chi connectivity index (χ4n) is 4.25.